The van der Waals surface area contributed by atoms with Gasteiger partial charge in [-0.2, -0.15) is 0 Å². The smallest absolute Gasteiger partial charge is 0.325 e. The number of carboxylic acid groups (broad SMARTS) is 1. The van der Waals surface area contributed by atoms with Crippen molar-refractivity contribution in [2.75, 3.05) is 6.54 Å². The summed E-state index contributed by atoms with van der Waals surface area (Å²) in [5.74, 6) is -3.17. The second kappa shape index (κ2) is 10.9. The first kappa shape index (κ1) is 22.1. The number of carboxylic acids is 1. The van der Waals surface area contributed by atoms with E-state index >= 15 is 0 Å². The molecule has 0 aromatic heterocycles. The lowest BCUT2D eigenvalue weighted by atomic mass is 10.0. The Kier molecular flexibility index (Phi) is 8.94. The predicted octanol–water partition coefficient (Wildman–Crippen LogP) is -0.810. The number of carbonyl (C=O) groups is 4. The van der Waals surface area contributed by atoms with E-state index in [1.165, 1.54) is 6.92 Å². The Bertz CT molecular complexity index is 664. The van der Waals surface area contributed by atoms with E-state index in [0.717, 1.165) is 5.56 Å². The van der Waals surface area contributed by atoms with Crippen molar-refractivity contribution in [3.63, 3.8) is 0 Å². The Labute approximate surface area is 157 Å². The standard InChI is InChI=1S/C18H25N3O6/c1-3-14(22)17(25)21-13(9-12-7-5-4-6-8-12)16(24)19-10-15(23)20-11(2)18(26)27/h4-8,11,13-14,22H,3,9-10H2,1-2H3,(H,19,24)(H,20,23)(H,21,25)(H,26,27)/t11-,13-,14?/m0/s1. The van der Waals surface area contributed by atoms with Crippen LogP contribution in [-0.2, 0) is 25.6 Å². The molecule has 0 fully saturated rings. The zero-order chi connectivity index (χ0) is 20.4. The monoisotopic (exact) mass is 379 g/mol. The maximum absolute atomic E-state index is 12.4. The normalized spacial score (nSPS) is 13.7. The van der Waals surface area contributed by atoms with Crippen LogP contribution >= 0.6 is 0 Å². The minimum atomic E-state index is -1.24. The molecule has 1 aromatic carbocycles. The molecule has 3 atom stereocenters. The lowest BCUT2D eigenvalue weighted by Gasteiger charge is -2.20. The van der Waals surface area contributed by atoms with E-state index in [0.29, 0.717) is 0 Å². The molecule has 1 aromatic rings. The van der Waals surface area contributed by atoms with Gasteiger partial charge in [-0.05, 0) is 18.9 Å². The summed E-state index contributed by atoms with van der Waals surface area (Å²) in [6.07, 6.45) is -0.876. The van der Waals surface area contributed by atoms with Gasteiger partial charge in [-0.25, -0.2) is 0 Å². The van der Waals surface area contributed by atoms with Crippen LogP contribution in [0.2, 0.25) is 0 Å². The third-order valence-corrected chi connectivity index (χ3v) is 3.78. The Morgan fingerprint density at radius 1 is 1.04 bits per heavy atom. The maximum Gasteiger partial charge on any atom is 0.325 e. The highest BCUT2D eigenvalue weighted by atomic mass is 16.4. The molecule has 0 heterocycles. The first-order valence-electron chi connectivity index (χ1n) is 8.56. The van der Waals surface area contributed by atoms with Crippen molar-refractivity contribution in [2.45, 2.75) is 44.9 Å². The fourth-order valence-electron chi connectivity index (χ4n) is 2.16. The van der Waals surface area contributed by atoms with Crippen LogP contribution in [0.4, 0.5) is 0 Å². The molecule has 0 bridgehead atoms. The average molecular weight is 379 g/mol. The molecule has 1 unspecified atom stereocenters. The van der Waals surface area contributed by atoms with Crippen LogP contribution in [0.25, 0.3) is 0 Å². The number of hydrogen-bond acceptors (Lipinski definition) is 5. The fourth-order valence-corrected chi connectivity index (χ4v) is 2.16. The van der Waals surface area contributed by atoms with Gasteiger partial charge in [0.25, 0.3) is 0 Å². The van der Waals surface area contributed by atoms with E-state index in [1.807, 2.05) is 6.07 Å². The molecule has 9 heteroatoms. The third kappa shape index (κ3) is 7.87. The van der Waals surface area contributed by atoms with Gasteiger partial charge in [-0.1, -0.05) is 37.3 Å². The predicted molar refractivity (Wildman–Crippen MR) is 96.6 cm³/mol. The molecule has 0 aliphatic carbocycles. The van der Waals surface area contributed by atoms with Crippen molar-refractivity contribution in [1.82, 2.24) is 16.0 Å². The van der Waals surface area contributed by atoms with Gasteiger partial charge in [0.1, 0.15) is 18.2 Å². The minimum Gasteiger partial charge on any atom is -0.480 e. The van der Waals surface area contributed by atoms with Gasteiger partial charge >= 0.3 is 5.97 Å². The molecule has 0 spiro atoms. The SMILES string of the molecule is CCC(O)C(=O)N[C@@H](Cc1ccccc1)C(=O)NCC(=O)N[C@@H](C)C(=O)O. The average Bonchev–Trinajstić information content (AvgIpc) is 2.65. The van der Waals surface area contributed by atoms with Gasteiger partial charge in [0.05, 0.1) is 6.54 Å². The quantitative estimate of drug-likeness (QED) is 0.360. The molecule has 0 aliphatic rings. The number of benzene rings is 1. The van der Waals surface area contributed by atoms with Crippen LogP contribution in [0.5, 0.6) is 0 Å². The second-order valence-electron chi connectivity index (χ2n) is 6.02. The van der Waals surface area contributed by atoms with Crippen molar-refractivity contribution in [3.05, 3.63) is 35.9 Å². The zero-order valence-corrected chi connectivity index (χ0v) is 15.3. The van der Waals surface area contributed by atoms with Crippen LogP contribution in [0.1, 0.15) is 25.8 Å². The highest BCUT2D eigenvalue weighted by Crippen LogP contribution is 2.04. The molecule has 5 N–H and O–H groups in total. The Morgan fingerprint density at radius 2 is 1.67 bits per heavy atom. The Morgan fingerprint density at radius 3 is 2.22 bits per heavy atom. The number of aliphatic carboxylic acids is 1. The van der Waals surface area contributed by atoms with Gasteiger partial charge in [0, 0.05) is 6.42 Å². The number of nitrogens with one attached hydrogen (secondary N) is 3. The van der Waals surface area contributed by atoms with Gasteiger partial charge in [-0.3, -0.25) is 19.2 Å². The molecule has 27 heavy (non-hydrogen) atoms. The lowest BCUT2D eigenvalue weighted by molar-refractivity contribution is -0.141. The summed E-state index contributed by atoms with van der Waals surface area (Å²) in [5, 5.41) is 25.4. The fraction of sp³-hybridized carbons (Fsp3) is 0.444. The lowest BCUT2D eigenvalue weighted by Crippen LogP contribution is -2.52. The van der Waals surface area contributed by atoms with Crippen LogP contribution in [0, 0.1) is 0 Å². The number of aliphatic hydroxyl groups is 1. The van der Waals surface area contributed by atoms with Crippen molar-refractivity contribution in [2.24, 2.45) is 0 Å². The summed E-state index contributed by atoms with van der Waals surface area (Å²) in [5.41, 5.74) is 0.785. The van der Waals surface area contributed by atoms with E-state index < -0.39 is 48.4 Å². The summed E-state index contributed by atoms with van der Waals surface area (Å²) in [7, 11) is 0. The number of hydrogen-bond donors (Lipinski definition) is 5. The van der Waals surface area contributed by atoms with E-state index in [9.17, 15) is 24.3 Å². The van der Waals surface area contributed by atoms with Crippen molar-refractivity contribution < 1.29 is 29.4 Å². The Balaban J connectivity index is 2.72. The summed E-state index contributed by atoms with van der Waals surface area (Å²) in [6, 6.07) is 6.86. The van der Waals surface area contributed by atoms with Crippen LogP contribution in [0.3, 0.4) is 0 Å². The number of carbonyl (C=O) groups excluding carboxylic acids is 3. The number of rotatable bonds is 10. The maximum atomic E-state index is 12.4. The number of aliphatic hydroxyl groups excluding tert-OH is 1. The van der Waals surface area contributed by atoms with Gasteiger partial charge < -0.3 is 26.2 Å². The summed E-state index contributed by atoms with van der Waals surface area (Å²) < 4.78 is 0. The molecule has 3 amide bonds. The first-order valence-corrected chi connectivity index (χ1v) is 8.56. The molecule has 0 saturated carbocycles. The molecular formula is C18H25N3O6. The van der Waals surface area contributed by atoms with E-state index in [1.54, 1.807) is 31.2 Å². The molecule has 9 nitrogen and oxygen atoms in total. The first-order chi connectivity index (χ1) is 12.7. The minimum absolute atomic E-state index is 0.169. The van der Waals surface area contributed by atoms with Gasteiger partial charge in [0.2, 0.25) is 17.7 Å². The van der Waals surface area contributed by atoms with Gasteiger partial charge in [-0.15, -0.1) is 0 Å². The number of amides is 3. The highest BCUT2D eigenvalue weighted by molar-refractivity contribution is 5.92. The summed E-state index contributed by atoms with van der Waals surface area (Å²) in [4.78, 5) is 46.8. The molecule has 0 aliphatic heterocycles. The topological polar surface area (TPSA) is 145 Å². The summed E-state index contributed by atoms with van der Waals surface area (Å²) >= 11 is 0. The molecule has 148 valence electrons. The van der Waals surface area contributed by atoms with Gasteiger partial charge in [0.15, 0.2) is 0 Å². The van der Waals surface area contributed by atoms with Crippen LogP contribution in [-0.4, -0.2) is 58.6 Å². The van der Waals surface area contributed by atoms with E-state index in [4.69, 9.17) is 5.11 Å². The van der Waals surface area contributed by atoms with Crippen LogP contribution in [0.15, 0.2) is 30.3 Å². The molecule has 0 saturated heterocycles. The van der Waals surface area contributed by atoms with Crippen molar-refractivity contribution in [3.8, 4) is 0 Å². The zero-order valence-electron chi connectivity index (χ0n) is 15.3. The van der Waals surface area contributed by atoms with E-state index in [-0.39, 0.29) is 12.8 Å². The largest absolute Gasteiger partial charge is 0.480 e. The molecule has 0 radical (unpaired) electrons. The van der Waals surface area contributed by atoms with Crippen molar-refractivity contribution >= 4 is 23.7 Å². The second-order valence-corrected chi connectivity index (χ2v) is 6.02. The van der Waals surface area contributed by atoms with Crippen molar-refractivity contribution in [1.29, 1.82) is 0 Å². The third-order valence-electron chi connectivity index (χ3n) is 3.78. The Hall–Kier alpha value is -2.94. The molecule has 1 rings (SSSR count). The molecular weight excluding hydrogens is 354 g/mol. The van der Waals surface area contributed by atoms with E-state index in [2.05, 4.69) is 16.0 Å². The highest BCUT2D eigenvalue weighted by Gasteiger charge is 2.24. The summed E-state index contributed by atoms with van der Waals surface area (Å²) in [6.45, 7) is 2.49. The van der Waals surface area contributed by atoms with Crippen LogP contribution < -0.4 is 16.0 Å².